The molecule has 60 heavy (non-hydrogen) atoms. The number of Topliss-reactive ketones (excluding diaryl/α,β-unsaturated/α-hetero) is 2. The summed E-state index contributed by atoms with van der Waals surface area (Å²) in [6.45, 7) is 4.71. The van der Waals surface area contributed by atoms with Crippen molar-refractivity contribution in [3.63, 3.8) is 0 Å². The van der Waals surface area contributed by atoms with E-state index in [0.717, 1.165) is 68.9 Å². The lowest BCUT2D eigenvalue weighted by Crippen LogP contribution is -2.52. The van der Waals surface area contributed by atoms with E-state index >= 15 is 0 Å². The second-order valence-electron chi connectivity index (χ2n) is 14.9. The molecule has 5 atom stereocenters. The van der Waals surface area contributed by atoms with Crippen molar-refractivity contribution >= 4 is 47.0 Å². The molecule has 0 amide bonds. The molecule has 0 radical (unpaired) electrons. The highest BCUT2D eigenvalue weighted by Gasteiger charge is 2.57. The number of esters is 2. The van der Waals surface area contributed by atoms with Crippen LogP contribution in [0.25, 0.3) is 0 Å². The van der Waals surface area contributed by atoms with Gasteiger partial charge in [0.1, 0.15) is 58.2 Å². The van der Waals surface area contributed by atoms with Crippen molar-refractivity contribution in [3.8, 4) is 23.0 Å². The number of hydrogen-bond donors (Lipinski definition) is 6. The molecule has 2 aliphatic heterocycles. The number of benzene rings is 2. The smallest absolute Gasteiger partial charge is 0.343 e. The molecule has 0 fully saturated rings. The molecule has 2 aromatic carbocycles. The zero-order valence-electron chi connectivity index (χ0n) is 31.7. The second kappa shape index (κ2) is 14.0. The Labute approximate surface area is 337 Å². The van der Waals surface area contributed by atoms with Gasteiger partial charge in [-0.05, 0) is 80.3 Å². The number of carbonyl (C=O) groups excluding carboxylic acids is 6. The summed E-state index contributed by atoms with van der Waals surface area (Å²) in [6.07, 6.45) is 4.06. The first-order valence-electron chi connectivity index (χ1n) is 17.9. The maximum absolute atomic E-state index is 14.1. The minimum atomic E-state index is -2.56. The van der Waals surface area contributed by atoms with Gasteiger partial charge < -0.3 is 49.6 Å². The number of aryl methyl sites for hydroxylation is 2. The van der Waals surface area contributed by atoms with Gasteiger partial charge >= 0.3 is 23.9 Å². The van der Waals surface area contributed by atoms with Crippen molar-refractivity contribution < 1.29 is 87.9 Å². The van der Waals surface area contributed by atoms with E-state index in [0.29, 0.717) is 0 Å². The summed E-state index contributed by atoms with van der Waals surface area (Å²) in [5.41, 5.74) is -7.12. The molecule has 3 aliphatic carbocycles. The third-order valence-corrected chi connectivity index (χ3v) is 11.0. The van der Waals surface area contributed by atoms with Crippen LogP contribution in [0.1, 0.15) is 52.1 Å². The van der Waals surface area contributed by atoms with Gasteiger partial charge in [0.2, 0.25) is 34.3 Å². The van der Waals surface area contributed by atoms with Crippen LogP contribution in [0.5, 0.6) is 23.0 Å². The maximum Gasteiger partial charge on any atom is 0.343 e. The Hall–Kier alpha value is -7.76. The number of phenolic OH excluding ortho intramolecular Hbond substituents is 4. The Bertz CT molecular complexity index is 2600. The first kappa shape index (κ1) is 40.4. The Morgan fingerprint density at radius 3 is 1.67 bits per heavy atom. The fourth-order valence-electron chi connectivity index (χ4n) is 7.91. The number of allylic oxidation sites excluding steroid dienone is 5. The predicted octanol–water partition coefficient (Wildman–Crippen LogP) is 3.20. The molecule has 0 aromatic heterocycles. The number of carboxylic acid groups (broad SMARTS) is 2. The molecule has 18 nitrogen and oxygen atoms in total. The number of rotatable bonds is 7. The predicted molar refractivity (Wildman–Crippen MR) is 197 cm³/mol. The number of ether oxygens (including phenoxy) is 4. The molecule has 0 bridgehead atoms. The average Bonchev–Trinajstić information content (AvgIpc) is 3.14. The SMILES string of the molecule is Cc1cc(O)cc(O)c1C(=O)O[C@]1(C)C(=O)C=C2C=C([C@@H]3C4=C(C[C@H](C(=O)O)[C@H]3C(=O)O)OC=C3C(=O)[C@](C)(OC(=O)c5c(C)cc(O)cc5O)C(=O)C=C34)OC=C2C1=O. The third-order valence-electron chi connectivity index (χ3n) is 11.0. The Morgan fingerprint density at radius 2 is 1.17 bits per heavy atom. The molecule has 0 saturated heterocycles. The van der Waals surface area contributed by atoms with Crippen molar-refractivity contribution in [1.29, 1.82) is 0 Å². The fraction of sp³-hybridized carbons (Fsp3) is 0.238. The molecule has 5 aliphatic rings. The van der Waals surface area contributed by atoms with Crippen molar-refractivity contribution in [2.24, 2.45) is 17.8 Å². The molecular formula is C42H32O18. The number of hydrogen-bond acceptors (Lipinski definition) is 16. The lowest BCUT2D eigenvalue weighted by Gasteiger charge is -2.42. The van der Waals surface area contributed by atoms with Gasteiger partial charge in [-0.1, -0.05) is 0 Å². The van der Waals surface area contributed by atoms with Gasteiger partial charge in [0.25, 0.3) is 0 Å². The van der Waals surface area contributed by atoms with Crippen LogP contribution in [0.3, 0.4) is 0 Å². The summed E-state index contributed by atoms with van der Waals surface area (Å²) >= 11 is 0. The summed E-state index contributed by atoms with van der Waals surface area (Å²) in [4.78, 5) is 108. The highest BCUT2D eigenvalue weighted by Crippen LogP contribution is 2.52. The molecule has 0 spiro atoms. The lowest BCUT2D eigenvalue weighted by molar-refractivity contribution is -0.156. The standard InChI is InChI=1S/C42H32O18/c1-15-5-18(43)9-24(45)30(15)39(55)59-41(3)28(47)8-17-7-26(57-13-22(17)35(41)49)34-32-20-12-29(48)42(4,60-40(56)31-16(2)6-19(44)10-25(31)46)36(50)23(20)14-58-27(32)11-21(37(51)52)33(34)38(53)54/h5-10,12-14,21,33-34,43-46H,11H2,1-4H3,(H,51,52)(H,53,54)/t21-,33+,34+,41+,42+/m0/s1. The highest BCUT2D eigenvalue weighted by molar-refractivity contribution is 6.28. The van der Waals surface area contributed by atoms with Crippen LogP contribution < -0.4 is 0 Å². The van der Waals surface area contributed by atoms with Gasteiger partial charge in [0, 0.05) is 24.1 Å². The number of aromatic hydroxyl groups is 4. The van der Waals surface area contributed by atoms with Crippen molar-refractivity contribution in [2.45, 2.75) is 45.3 Å². The Kier molecular flexibility index (Phi) is 9.41. The minimum absolute atomic E-state index is 0.0466. The number of aliphatic carboxylic acids is 2. The maximum atomic E-state index is 14.1. The molecule has 0 unspecified atom stereocenters. The van der Waals surface area contributed by atoms with Crippen LogP contribution in [-0.4, -0.2) is 88.9 Å². The molecule has 6 N–H and O–H groups in total. The number of carbonyl (C=O) groups is 8. The normalized spacial score (nSPS) is 25.7. The van der Waals surface area contributed by atoms with Crippen LogP contribution in [0, 0.1) is 31.6 Å². The van der Waals surface area contributed by atoms with Crippen LogP contribution in [0.4, 0.5) is 0 Å². The van der Waals surface area contributed by atoms with Crippen molar-refractivity contribution in [2.75, 3.05) is 0 Å². The van der Waals surface area contributed by atoms with Crippen LogP contribution in [0.15, 0.2) is 94.4 Å². The highest BCUT2D eigenvalue weighted by atomic mass is 16.6. The van der Waals surface area contributed by atoms with Crippen LogP contribution >= 0.6 is 0 Å². The number of carboxylic acids is 2. The first-order valence-corrected chi connectivity index (χ1v) is 17.9. The van der Waals surface area contributed by atoms with Crippen LogP contribution in [0.2, 0.25) is 0 Å². The molecule has 2 aromatic rings. The monoisotopic (exact) mass is 824 g/mol. The number of phenols is 4. The van der Waals surface area contributed by atoms with Gasteiger partial charge in [-0.15, -0.1) is 0 Å². The lowest BCUT2D eigenvalue weighted by atomic mass is 9.64. The summed E-state index contributed by atoms with van der Waals surface area (Å²) in [5, 5.41) is 60.9. The summed E-state index contributed by atoms with van der Waals surface area (Å²) < 4.78 is 22.4. The first-order chi connectivity index (χ1) is 28.1. The van der Waals surface area contributed by atoms with E-state index in [1.165, 1.54) is 13.8 Å². The fourth-order valence-corrected chi connectivity index (χ4v) is 7.91. The molecular weight excluding hydrogens is 792 g/mol. The summed E-state index contributed by atoms with van der Waals surface area (Å²) in [6, 6.07) is 3.98. The van der Waals surface area contributed by atoms with E-state index in [4.69, 9.17) is 18.9 Å². The zero-order valence-corrected chi connectivity index (χ0v) is 31.7. The second-order valence-corrected chi connectivity index (χ2v) is 14.9. The molecule has 0 saturated carbocycles. The van der Waals surface area contributed by atoms with E-state index in [9.17, 15) is 69.0 Å². The Balaban J connectivity index is 1.28. The van der Waals surface area contributed by atoms with E-state index in [1.54, 1.807) is 0 Å². The number of fused-ring (bicyclic) bond motifs is 3. The third kappa shape index (κ3) is 6.19. The zero-order chi connectivity index (χ0) is 43.9. The van der Waals surface area contributed by atoms with E-state index < -0.39 is 105 Å². The van der Waals surface area contributed by atoms with E-state index in [-0.39, 0.29) is 62.0 Å². The molecule has 7 rings (SSSR count). The van der Waals surface area contributed by atoms with Gasteiger partial charge in [-0.3, -0.25) is 28.8 Å². The summed E-state index contributed by atoms with van der Waals surface area (Å²) in [5.74, 6) is -18.1. The van der Waals surface area contributed by atoms with E-state index in [1.807, 2.05) is 0 Å². The molecule has 2 heterocycles. The summed E-state index contributed by atoms with van der Waals surface area (Å²) in [7, 11) is 0. The van der Waals surface area contributed by atoms with Crippen LogP contribution in [-0.2, 0) is 47.7 Å². The van der Waals surface area contributed by atoms with Gasteiger partial charge in [-0.25, -0.2) is 9.59 Å². The Morgan fingerprint density at radius 1 is 0.667 bits per heavy atom. The van der Waals surface area contributed by atoms with Crippen molar-refractivity contribution in [3.05, 3.63) is 117 Å². The van der Waals surface area contributed by atoms with Crippen molar-refractivity contribution in [1.82, 2.24) is 0 Å². The van der Waals surface area contributed by atoms with Gasteiger partial charge in [-0.2, -0.15) is 0 Å². The number of ketones is 4. The topological polar surface area (TPSA) is 295 Å². The quantitative estimate of drug-likeness (QED) is 0.173. The minimum Gasteiger partial charge on any atom is -0.508 e. The van der Waals surface area contributed by atoms with Gasteiger partial charge in [0.15, 0.2) is 0 Å². The molecule has 308 valence electrons. The molecule has 18 heteroatoms. The van der Waals surface area contributed by atoms with E-state index in [2.05, 4.69) is 0 Å². The van der Waals surface area contributed by atoms with Gasteiger partial charge in [0.05, 0.1) is 28.9 Å². The average molecular weight is 825 g/mol. The largest absolute Gasteiger partial charge is 0.508 e.